The normalized spacial score (nSPS) is 11.8. The summed E-state index contributed by atoms with van der Waals surface area (Å²) in [5.41, 5.74) is 1.84. The highest BCUT2D eigenvalue weighted by atomic mass is 16.5. The minimum Gasteiger partial charge on any atom is -0.493 e. The van der Waals surface area contributed by atoms with Gasteiger partial charge in [-0.15, -0.1) is 5.10 Å². The number of carbonyl (C=O) groups excluding carboxylic acids is 1. The average Bonchev–Trinajstić information content (AvgIpc) is 3.05. The number of hydrogen-bond donors (Lipinski definition) is 1. The molecule has 1 aromatic carbocycles. The largest absolute Gasteiger partial charge is 0.493 e. The van der Waals surface area contributed by atoms with E-state index in [9.17, 15) is 9.59 Å². The fourth-order valence-corrected chi connectivity index (χ4v) is 2.94. The van der Waals surface area contributed by atoms with Crippen LogP contribution in [0.25, 0.3) is 5.82 Å². The fourth-order valence-electron chi connectivity index (χ4n) is 2.94. The molecule has 0 spiro atoms. The highest BCUT2D eigenvalue weighted by Gasteiger charge is 2.19. The third-order valence-corrected chi connectivity index (χ3v) is 4.43. The molecule has 0 saturated carbocycles. The standard InChI is InChI=1S/C20H23N5O4/c1-12-10-13(2)24(22-12)18-8-9-19(26)25(23-18)14(3)20(27)21-15-6-7-16(28-4)17(11-15)29-5/h6-11,14H,1-5H3,(H,21,27). The third kappa shape index (κ3) is 4.13. The first-order chi connectivity index (χ1) is 13.8. The average molecular weight is 397 g/mol. The van der Waals surface area contributed by atoms with Crippen LogP contribution in [0.5, 0.6) is 11.5 Å². The van der Waals surface area contributed by atoms with Gasteiger partial charge in [0.2, 0.25) is 5.91 Å². The number of anilines is 1. The Morgan fingerprint density at radius 3 is 2.38 bits per heavy atom. The summed E-state index contributed by atoms with van der Waals surface area (Å²) in [5.74, 6) is 1.10. The van der Waals surface area contributed by atoms with E-state index in [0.717, 1.165) is 16.1 Å². The molecule has 0 saturated heterocycles. The number of aryl methyl sites for hydroxylation is 2. The van der Waals surface area contributed by atoms with E-state index in [2.05, 4.69) is 15.5 Å². The molecule has 0 aliphatic heterocycles. The molecule has 2 heterocycles. The number of carbonyl (C=O) groups is 1. The van der Waals surface area contributed by atoms with E-state index in [1.807, 2.05) is 19.9 Å². The van der Waals surface area contributed by atoms with Crippen molar-refractivity contribution in [3.05, 3.63) is 58.1 Å². The molecule has 0 bridgehead atoms. The van der Waals surface area contributed by atoms with E-state index in [0.29, 0.717) is 23.0 Å². The smallest absolute Gasteiger partial charge is 0.267 e. The summed E-state index contributed by atoms with van der Waals surface area (Å²) < 4.78 is 13.2. The quantitative estimate of drug-likeness (QED) is 0.685. The molecule has 152 valence electrons. The molecule has 1 N–H and O–H groups in total. The van der Waals surface area contributed by atoms with Crippen molar-refractivity contribution in [2.24, 2.45) is 0 Å². The van der Waals surface area contributed by atoms with Crippen molar-refractivity contribution < 1.29 is 14.3 Å². The van der Waals surface area contributed by atoms with Gasteiger partial charge in [0.25, 0.3) is 5.56 Å². The second-order valence-corrected chi connectivity index (χ2v) is 6.55. The molecule has 0 aliphatic carbocycles. The monoisotopic (exact) mass is 397 g/mol. The van der Waals surface area contributed by atoms with E-state index in [-0.39, 0.29) is 5.56 Å². The van der Waals surface area contributed by atoms with Gasteiger partial charge in [0.1, 0.15) is 6.04 Å². The van der Waals surface area contributed by atoms with Crippen molar-refractivity contribution in [1.29, 1.82) is 0 Å². The van der Waals surface area contributed by atoms with Crippen LogP contribution in [0.15, 0.2) is 41.2 Å². The highest BCUT2D eigenvalue weighted by molar-refractivity contribution is 5.93. The Morgan fingerprint density at radius 1 is 1.03 bits per heavy atom. The molecule has 1 unspecified atom stereocenters. The zero-order valence-corrected chi connectivity index (χ0v) is 17.0. The number of aromatic nitrogens is 4. The number of benzene rings is 1. The number of methoxy groups -OCH3 is 2. The van der Waals surface area contributed by atoms with E-state index < -0.39 is 11.9 Å². The van der Waals surface area contributed by atoms with Gasteiger partial charge in [-0.05, 0) is 45.0 Å². The van der Waals surface area contributed by atoms with Gasteiger partial charge in [0.05, 0.1) is 19.9 Å². The maximum Gasteiger partial charge on any atom is 0.267 e. The fraction of sp³-hybridized carbons (Fsp3) is 0.300. The van der Waals surface area contributed by atoms with Gasteiger partial charge in [-0.2, -0.15) is 5.10 Å². The van der Waals surface area contributed by atoms with Crippen molar-refractivity contribution in [3.63, 3.8) is 0 Å². The van der Waals surface area contributed by atoms with Crippen molar-refractivity contribution in [2.75, 3.05) is 19.5 Å². The van der Waals surface area contributed by atoms with Crippen LogP contribution in [-0.2, 0) is 4.79 Å². The minimum atomic E-state index is -0.840. The Hall–Kier alpha value is -3.62. The molecule has 0 radical (unpaired) electrons. The third-order valence-electron chi connectivity index (χ3n) is 4.43. The van der Waals surface area contributed by atoms with Crippen LogP contribution in [0.3, 0.4) is 0 Å². The summed E-state index contributed by atoms with van der Waals surface area (Å²) in [7, 11) is 3.05. The Bertz CT molecular complexity index is 1100. The number of ether oxygens (including phenoxy) is 2. The second kappa shape index (κ2) is 8.17. The number of nitrogens with zero attached hydrogens (tertiary/aromatic N) is 4. The lowest BCUT2D eigenvalue weighted by Crippen LogP contribution is -2.33. The van der Waals surface area contributed by atoms with Gasteiger partial charge < -0.3 is 14.8 Å². The summed E-state index contributed by atoms with van der Waals surface area (Å²) in [5, 5.41) is 11.5. The number of amides is 1. The van der Waals surface area contributed by atoms with E-state index in [1.165, 1.54) is 20.3 Å². The maximum absolute atomic E-state index is 12.7. The van der Waals surface area contributed by atoms with Gasteiger partial charge in [0.15, 0.2) is 17.3 Å². The predicted molar refractivity (Wildman–Crippen MR) is 108 cm³/mol. The molecule has 3 rings (SSSR count). The molecule has 1 amide bonds. The van der Waals surface area contributed by atoms with E-state index >= 15 is 0 Å². The van der Waals surface area contributed by atoms with E-state index in [4.69, 9.17) is 9.47 Å². The minimum absolute atomic E-state index is 0.384. The SMILES string of the molecule is COc1ccc(NC(=O)C(C)n2nc(-n3nc(C)cc3C)ccc2=O)cc1OC. The summed E-state index contributed by atoms with van der Waals surface area (Å²) in [6.45, 7) is 5.37. The molecule has 9 nitrogen and oxygen atoms in total. The van der Waals surface area contributed by atoms with Crippen LogP contribution in [0.1, 0.15) is 24.4 Å². The number of hydrogen-bond acceptors (Lipinski definition) is 6. The molecule has 0 fully saturated rings. The van der Waals surface area contributed by atoms with Crippen LogP contribution in [0, 0.1) is 13.8 Å². The summed E-state index contributed by atoms with van der Waals surface area (Å²) >= 11 is 0. The second-order valence-electron chi connectivity index (χ2n) is 6.55. The molecule has 1 atom stereocenters. The molecular weight excluding hydrogens is 374 g/mol. The molecule has 9 heteroatoms. The van der Waals surface area contributed by atoms with Gasteiger partial charge in [-0.3, -0.25) is 9.59 Å². The van der Waals surface area contributed by atoms with Crippen LogP contribution < -0.4 is 20.3 Å². The van der Waals surface area contributed by atoms with Crippen LogP contribution in [0.2, 0.25) is 0 Å². The predicted octanol–water partition coefficient (Wildman–Crippen LogP) is 2.26. The molecule has 0 aliphatic rings. The van der Waals surface area contributed by atoms with Gasteiger partial charge in [-0.25, -0.2) is 9.36 Å². The van der Waals surface area contributed by atoms with Crippen molar-refractivity contribution >= 4 is 11.6 Å². The maximum atomic E-state index is 12.7. The molecule has 29 heavy (non-hydrogen) atoms. The molecular formula is C20H23N5O4. The molecule has 2 aromatic heterocycles. The Kier molecular flexibility index (Phi) is 5.67. The van der Waals surface area contributed by atoms with Crippen molar-refractivity contribution in [3.8, 4) is 17.3 Å². The van der Waals surface area contributed by atoms with Gasteiger partial charge in [-0.1, -0.05) is 0 Å². The van der Waals surface area contributed by atoms with E-state index in [1.54, 1.807) is 35.9 Å². The Balaban J connectivity index is 1.87. The first kappa shape index (κ1) is 20.1. The molecule has 3 aromatic rings. The van der Waals surface area contributed by atoms with Crippen LogP contribution >= 0.6 is 0 Å². The number of rotatable bonds is 6. The van der Waals surface area contributed by atoms with Crippen molar-refractivity contribution in [2.45, 2.75) is 26.8 Å². The van der Waals surface area contributed by atoms with Crippen molar-refractivity contribution in [1.82, 2.24) is 19.6 Å². The highest BCUT2D eigenvalue weighted by Crippen LogP contribution is 2.30. The topological polar surface area (TPSA) is 100 Å². The zero-order chi connectivity index (χ0) is 21.1. The zero-order valence-electron chi connectivity index (χ0n) is 17.0. The summed E-state index contributed by atoms with van der Waals surface area (Å²) in [6, 6.07) is 9.04. The Morgan fingerprint density at radius 2 is 1.76 bits per heavy atom. The Labute approximate surface area is 167 Å². The summed E-state index contributed by atoms with van der Waals surface area (Å²) in [4.78, 5) is 25.1. The lowest BCUT2D eigenvalue weighted by Gasteiger charge is -2.16. The van der Waals surface area contributed by atoms with Gasteiger partial charge in [0, 0.05) is 23.5 Å². The lowest BCUT2D eigenvalue weighted by molar-refractivity contribution is -0.119. The van der Waals surface area contributed by atoms with Gasteiger partial charge >= 0.3 is 0 Å². The van der Waals surface area contributed by atoms with Crippen LogP contribution in [-0.4, -0.2) is 39.7 Å². The van der Waals surface area contributed by atoms with Crippen LogP contribution in [0.4, 0.5) is 5.69 Å². The first-order valence-corrected chi connectivity index (χ1v) is 9.00. The summed E-state index contributed by atoms with van der Waals surface area (Å²) in [6.07, 6.45) is 0. The number of nitrogens with one attached hydrogen (secondary N) is 1. The lowest BCUT2D eigenvalue weighted by atomic mass is 10.2. The first-order valence-electron chi connectivity index (χ1n) is 9.00.